The highest BCUT2D eigenvalue weighted by Gasteiger charge is 2.24. The van der Waals surface area contributed by atoms with E-state index in [1.807, 2.05) is 17.0 Å². The lowest BCUT2D eigenvalue weighted by molar-refractivity contribution is -0.131. The molecule has 0 spiro atoms. The van der Waals surface area contributed by atoms with Gasteiger partial charge in [0.1, 0.15) is 11.5 Å². The molecule has 3 aromatic rings. The van der Waals surface area contributed by atoms with Crippen molar-refractivity contribution in [3.8, 4) is 22.4 Å². The maximum atomic E-state index is 13.3. The summed E-state index contributed by atoms with van der Waals surface area (Å²) in [7, 11) is 0. The quantitative estimate of drug-likeness (QED) is 0.768. The molecule has 1 aliphatic rings. The molecule has 0 saturated carbocycles. The molecule has 0 bridgehead atoms. The van der Waals surface area contributed by atoms with E-state index in [4.69, 9.17) is 4.52 Å². The van der Waals surface area contributed by atoms with Gasteiger partial charge in [-0.2, -0.15) is 0 Å². The van der Waals surface area contributed by atoms with E-state index in [0.29, 0.717) is 24.5 Å². The molecule has 1 fully saturated rings. The Kier molecular flexibility index (Phi) is 4.93. The van der Waals surface area contributed by atoms with E-state index in [-0.39, 0.29) is 18.1 Å². The van der Waals surface area contributed by atoms with Crippen molar-refractivity contribution in [2.75, 3.05) is 26.2 Å². The summed E-state index contributed by atoms with van der Waals surface area (Å²) in [5, 5.41) is 7.42. The average molecular weight is 366 g/mol. The fourth-order valence-corrected chi connectivity index (χ4v) is 3.23. The van der Waals surface area contributed by atoms with E-state index < -0.39 is 0 Å². The highest BCUT2D eigenvalue weighted by atomic mass is 19.1. The molecule has 7 heteroatoms. The van der Waals surface area contributed by atoms with Crippen LogP contribution in [0, 0.1) is 5.82 Å². The number of amides is 1. The van der Waals surface area contributed by atoms with Crippen molar-refractivity contribution in [3.63, 3.8) is 0 Å². The van der Waals surface area contributed by atoms with Crippen LogP contribution in [-0.2, 0) is 11.2 Å². The third-order valence-corrected chi connectivity index (χ3v) is 4.63. The smallest absolute Gasteiger partial charge is 0.230 e. The predicted octanol–water partition coefficient (Wildman–Crippen LogP) is 2.52. The molecule has 27 heavy (non-hydrogen) atoms. The van der Waals surface area contributed by atoms with Crippen LogP contribution >= 0.6 is 0 Å². The summed E-state index contributed by atoms with van der Waals surface area (Å²) in [6, 6.07) is 9.76. The summed E-state index contributed by atoms with van der Waals surface area (Å²) >= 11 is 0. The standard InChI is InChI=1S/C20H19FN4O2/c21-16-3-1-15(2-4-16)20-19(14-5-7-22-8-6-14)17(27-24-20)13-18(26)25-11-9-23-10-12-25/h1-8,23H,9-13H2. The van der Waals surface area contributed by atoms with Crippen molar-refractivity contribution < 1.29 is 13.7 Å². The monoisotopic (exact) mass is 366 g/mol. The Morgan fingerprint density at radius 1 is 1.07 bits per heavy atom. The molecular formula is C20H19FN4O2. The van der Waals surface area contributed by atoms with Gasteiger partial charge in [-0.15, -0.1) is 0 Å². The zero-order chi connectivity index (χ0) is 18.6. The molecule has 0 aliphatic carbocycles. The normalized spacial score (nSPS) is 14.3. The lowest BCUT2D eigenvalue weighted by Crippen LogP contribution is -2.46. The van der Waals surface area contributed by atoms with E-state index >= 15 is 0 Å². The molecule has 1 N–H and O–H groups in total. The molecule has 1 aliphatic heterocycles. The lowest BCUT2D eigenvalue weighted by Gasteiger charge is -2.27. The molecular weight excluding hydrogens is 347 g/mol. The Balaban J connectivity index is 1.71. The maximum absolute atomic E-state index is 13.3. The minimum Gasteiger partial charge on any atom is -0.360 e. The number of hydrogen-bond donors (Lipinski definition) is 1. The van der Waals surface area contributed by atoms with Crippen molar-refractivity contribution in [3.05, 3.63) is 60.4 Å². The van der Waals surface area contributed by atoms with Crippen LogP contribution in [0.3, 0.4) is 0 Å². The summed E-state index contributed by atoms with van der Waals surface area (Å²) in [5.41, 5.74) is 2.92. The number of halogens is 1. The highest BCUT2D eigenvalue weighted by molar-refractivity contribution is 5.86. The van der Waals surface area contributed by atoms with Crippen LogP contribution < -0.4 is 5.32 Å². The van der Waals surface area contributed by atoms with Gasteiger partial charge in [-0.05, 0) is 42.0 Å². The summed E-state index contributed by atoms with van der Waals surface area (Å²) in [6.45, 7) is 2.95. The van der Waals surface area contributed by atoms with Crippen LogP contribution in [0.2, 0.25) is 0 Å². The molecule has 0 radical (unpaired) electrons. The first-order chi connectivity index (χ1) is 13.2. The summed E-state index contributed by atoms with van der Waals surface area (Å²) in [6.07, 6.45) is 3.49. The van der Waals surface area contributed by atoms with Crippen LogP contribution in [-0.4, -0.2) is 47.1 Å². The molecule has 1 saturated heterocycles. The predicted molar refractivity (Wildman–Crippen MR) is 98.3 cm³/mol. The third kappa shape index (κ3) is 3.73. The van der Waals surface area contributed by atoms with Crippen molar-refractivity contribution >= 4 is 5.91 Å². The average Bonchev–Trinajstić information content (AvgIpc) is 3.13. The summed E-state index contributed by atoms with van der Waals surface area (Å²) < 4.78 is 18.9. The Hall–Kier alpha value is -3.06. The van der Waals surface area contributed by atoms with Gasteiger partial charge in [-0.3, -0.25) is 9.78 Å². The van der Waals surface area contributed by atoms with Crippen molar-refractivity contribution in [2.24, 2.45) is 0 Å². The first-order valence-corrected chi connectivity index (χ1v) is 8.86. The first kappa shape index (κ1) is 17.4. The van der Waals surface area contributed by atoms with E-state index in [2.05, 4.69) is 15.5 Å². The number of carbonyl (C=O) groups is 1. The zero-order valence-electron chi connectivity index (χ0n) is 14.7. The van der Waals surface area contributed by atoms with E-state index in [1.165, 1.54) is 12.1 Å². The molecule has 0 atom stereocenters. The van der Waals surface area contributed by atoms with E-state index in [1.54, 1.807) is 24.5 Å². The van der Waals surface area contributed by atoms with Gasteiger partial charge in [0.15, 0.2) is 5.76 Å². The van der Waals surface area contributed by atoms with Crippen molar-refractivity contribution in [1.82, 2.24) is 20.4 Å². The Morgan fingerprint density at radius 3 is 2.48 bits per heavy atom. The largest absolute Gasteiger partial charge is 0.360 e. The Labute approximate surface area is 156 Å². The Bertz CT molecular complexity index is 919. The number of piperazine rings is 1. The van der Waals surface area contributed by atoms with Crippen molar-refractivity contribution in [1.29, 1.82) is 0 Å². The second kappa shape index (κ2) is 7.67. The van der Waals surface area contributed by atoms with Gasteiger partial charge in [0.25, 0.3) is 0 Å². The third-order valence-electron chi connectivity index (χ3n) is 4.63. The van der Waals surface area contributed by atoms with Crippen LogP contribution in [0.5, 0.6) is 0 Å². The summed E-state index contributed by atoms with van der Waals surface area (Å²) in [4.78, 5) is 18.6. The van der Waals surface area contributed by atoms with Crippen LogP contribution in [0.15, 0.2) is 53.3 Å². The van der Waals surface area contributed by atoms with Crippen LogP contribution in [0.1, 0.15) is 5.76 Å². The SMILES string of the molecule is O=C(Cc1onc(-c2ccc(F)cc2)c1-c1ccncc1)N1CCNCC1. The molecule has 138 valence electrons. The van der Waals surface area contributed by atoms with Gasteiger partial charge in [0, 0.05) is 44.1 Å². The zero-order valence-corrected chi connectivity index (χ0v) is 14.7. The topological polar surface area (TPSA) is 71.3 Å². The number of carbonyl (C=O) groups excluding carboxylic acids is 1. The second-order valence-electron chi connectivity index (χ2n) is 6.38. The molecule has 3 heterocycles. The molecule has 0 unspecified atom stereocenters. The van der Waals surface area contributed by atoms with E-state index in [9.17, 15) is 9.18 Å². The number of rotatable bonds is 4. The van der Waals surface area contributed by atoms with E-state index in [0.717, 1.165) is 29.8 Å². The number of pyridine rings is 1. The Morgan fingerprint density at radius 2 is 1.78 bits per heavy atom. The second-order valence-corrected chi connectivity index (χ2v) is 6.38. The molecule has 2 aromatic heterocycles. The number of aromatic nitrogens is 2. The van der Waals surface area contributed by atoms with Gasteiger partial charge in [0.05, 0.1) is 12.0 Å². The van der Waals surface area contributed by atoms with Crippen LogP contribution in [0.4, 0.5) is 4.39 Å². The molecule has 1 amide bonds. The van der Waals surface area contributed by atoms with Gasteiger partial charge in [0.2, 0.25) is 5.91 Å². The minimum atomic E-state index is -0.318. The lowest BCUT2D eigenvalue weighted by atomic mass is 9.98. The summed E-state index contributed by atoms with van der Waals surface area (Å²) in [5.74, 6) is 0.194. The highest BCUT2D eigenvalue weighted by Crippen LogP contribution is 2.34. The number of nitrogens with zero attached hydrogens (tertiary/aromatic N) is 3. The molecule has 1 aromatic carbocycles. The molecule has 6 nitrogen and oxygen atoms in total. The van der Waals surface area contributed by atoms with Gasteiger partial charge >= 0.3 is 0 Å². The fourth-order valence-electron chi connectivity index (χ4n) is 3.23. The van der Waals surface area contributed by atoms with Crippen molar-refractivity contribution in [2.45, 2.75) is 6.42 Å². The number of nitrogens with one attached hydrogen (secondary N) is 1. The number of benzene rings is 1. The van der Waals surface area contributed by atoms with Gasteiger partial charge in [-0.1, -0.05) is 5.16 Å². The molecule has 4 rings (SSSR count). The van der Waals surface area contributed by atoms with Crippen LogP contribution in [0.25, 0.3) is 22.4 Å². The number of hydrogen-bond acceptors (Lipinski definition) is 5. The van der Waals surface area contributed by atoms with Gasteiger partial charge in [-0.25, -0.2) is 4.39 Å². The minimum absolute atomic E-state index is 0.00797. The fraction of sp³-hybridized carbons (Fsp3) is 0.250. The van der Waals surface area contributed by atoms with Gasteiger partial charge < -0.3 is 14.7 Å². The first-order valence-electron chi connectivity index (χ1n) is 8.86. The maximum Gasteiger partial charge on any atom is 0.230 e.